The van der Waals surface area contributed by atoms with Crippen LogP contribution < -0.4 is 0 Å². The van der Waals surface area contributed by atoms with E-state index in [1.54, 1.807) is 46.9 Å². The van der Waals surface area contributed by atoms with Crippen LogP contribution in [0.4, 0.5) is 0 Å². The van der Waals surface area contributed by atoms with Crippen LogP contribution in [0.5, 0.6) is 0 Å². The minimum atomic E-state index is -3.24. The summed E-state index contributed by atoms with van der Waals surface area (Å²) in [4.78, 5) is 0. The maximum absolute atomic E-state index is 11.2. The molecule has 1 N–H and O–H groups in total. The van der Waals surface area contributed by atoms with Crippen molar-refractivity contribution in [1.82, 2.24) is 0 Å². The Labute approximate surface area is 111 Å². The predicted molar refractivity (Wildman–Crippen MR) is 71.8 cm³/mol. The summed E-state index contributed by atoms with van der Waals surface area (Å²) in [5, 5.41) is 9.81. The molecule has 0 aliphatic heterocycles. The number of hydrogen-bond acceptors (Lipinski definition) is 3. The van der Waals surface area contributed by atoms with Gasteiger partial charge in [-0.2, -0.15) is 0 Å². The lowest BCUT2D eigenvalue weighted by molar-refractivity contribution is 0.197. The van der Waals surface area contributed by atoms with E-state index in [1.165, 1.54) is 0 Å². The first-order valence-electron chi connectivity index (χ1n) is 4.09. The summed E-state index contributed by atoms with van der Waals surface area (Å²) in [5.41, 5.74) is 0.600. The van der Waals surface area contributed by atoms with E-state index in [0.29, 0.717) is 5.56 Å². The highest BCUT2D eigenvalue weighted by atomic mass is 127. The van der Waals surface area contributed by atoms with Crippen LogP contribution in [0.2, 0.25) is 0 Å². The Balaban J connectivity index is 2.95. The van der Waals surface area contributed by atoms with Crippen molar-refractivity contribution in [2.75, 3.05) is 6.26 Å². The zero-order chi connectivity index (χ0) is 11.6. The lowest BCUT2D eigenvalue weighted by Gasteiger charge is -2.15. The van der Waals surface area contributed by atoms with Crippen molar-refractivity contribution >= 4 is 48.4 Å². The number of benzene rings is 1. The molecule has 1 aromatic carbocycles. The number of hydrogen-bond donors (Lipinski definition) is 1. The molecule has 0 aliphatic rings. The second-order valence-electron chi connectivity index (χ2n) is 3.18. The monoisotopic (exact) mass is 404 g/mol. The third kappa shape index (κ3) is 3.69. The van der Waals surface area contributed by atoms with Gasteiger partial charge in [0, 0.05) is 10.7 Å². The quantitative estimate of drug-likeness (QED) is 0.621. The van der Waals surface area contributed by atoms with Gasteiger partial charge in [0.2, 0.25) is 0 Å². The molecule has 0 radical (unpaired) electrons. The van der Waals surface area contributed by atoms with Gasteiger partial charge in [-0.15, -0.1) is 0 Å². The molecule has 3 nitrogen and oxygen atoms in total. The lowest BCUT2D eigenvalue weighted by Crippen LogP contribution is -2.21. The summed E-state index contributed by atoms with van der Waals surface area (Å²) >= 11 is 5.01. The lowest BCUT2D eigenvalue weighted by atomic mass is 10.1. The molecule has 1 aromatic rings. The summed E-state index contributed by atoms with van der Waals surface area (Å²) in [6, 6.07) is 6.94. The SMILES string of the molecule is CS(=O)(=O)C(I)C(O)c1ccc(Br)cc1. The van der Waals surface area contributed by atoms with Crippen molar-refractivity contribution in [3.05, 3.63) is 34.3 Å². The van der Waals surface area contributed by atoms with E-state index in [1.807, 2.05) is 0 Å². The topological polar surface area (TPSA) is 54.4 Å². The fourth-order valence-electron chi connectivity index (χ4n) is 1.05. The van der Waals surface area contributed by atoms with Crippen LogP contribution >= 0.6 is 38.5 Å². The van der Waals surface area contributed by atoms with Gasteiger partial charge in [0.15, 0.2) is 9.84 Å². The molecule has 2 unspecified atom stereocenters. The van der Waals surface area contributed by atoms with E-state index in [4.69, 9.17) is 0 Å². The summed E-state index contributed by atoms with van der Waals surface area (Å²) in [7, 11) is -3.24. The molecule has 0 aromatic heterocycles. The summed E-state index contributed by atoms with van der Waals surface area (Å²) in [6.45, 7) is 0. The van der Waals surface area contributed by atoms with Crippen LogP contribution in [0.15, 0.2) is 28.7 Å². The van der Waals surface area contributed by atoms with E-state index in [2.05, 4.69) is 15.9 Å². The van der Waals surface area contributed by atoms with Crippen LogP contribution in [0, 0.1) is 0 Å². The van der Waals surface area contributed by atoms with Gasteiger partial charge in [0.1, 0.15) is 9.36 Å². The van der Waals surface area contributed by atoms with Crippen LogP contribution in [0.1, 0.15) is 11.7 Å². The van der Waals surface area contributed by atoms with Crippen LogP contribution in [-0.2, 0) is 9.84 Å². The normalized spacial score (nSPS) is 16.0. The third-order valence-corrected chi connectivity index (χ3v) is 6.93. The fraction of sp³-hybridized carbons (Fsp3) is 0.333. The van der Waals surface area contributed by atoms with Gasteiger partial charge >= 0.3 is 0 Å². The maximum atomic E-state index is 11.2. The number of aliphatic hydroxyl groups is 1. The van der Waals surface area contributed by atoms with Crippen LogP contribution in [0.3, 0.4) is 0 Å². The average molecular weight is 405 g/mol. The molecule has 0 spiro atoms. The molecule has 1 rings (SSSR count). The molecule has 0 heterocycles. The van der Waals surface area contributed by atoms with Crippen molar-refractivity contribution in [1.29, 1.82) is 0 Å². The number of rotatable bonds is 3. The van der Waals surface area contributed by atoms with Gasteiger partial charge < -0.3 is 5.11 Å². The molecule has 6 heteroatoms. The zero-order valence-electron chi connectivity index (χ0n) is 7.89. The number of alkyl halides is 1. The molecule has 2 atom stereocenters. The van der Waals surface area contributed by atoms with E-state index in [-0.39, 0.29) is 0 Å². The second-order valence-corrected chi connectivity index (χ2v) is 8.45. The van der Waals surface area contributed by atoms with Gasteiger partial charge in [-0.25, -0.2) is 8.42 Å². The van der Waals surface area contributed by atoms with E-state index >= 15 is 0 Å². The molecule has 0 saturated carbocycles. The third-order valence-electron chi connectivity index (χ3n) is 1.87. The average Bonchev–Trinajstić information content (AvgIpc) is 2.15. The van der Waals surface area contributed by atoms with E-state index in [9.17, 15) is 13.5 Å². The van der Waals surface area contributed by atoms with Crippen LogP contribution in [0.25, 0.3) is 0 Å². The second kappa shape index (κ2) is 5.11. The first kappa shape index (κ1) is 13.4. The summed E-state index contributed by atoms with van der Waals surface area (Å²) in [5.74, 6) is 0. The van der Waals surface area contributed by atoms with Crippen molar-refractivity contribution in [3.8, 4) is 0 Å². The Morgan fingerprint density at radius 3 is 2.20 bits per heavy atom. The van der Waals surface area contributed by atoms with Gasteiger partial charge in [0.25, 0.3) is 0 Å². The van der Waals surface area contributed by atoms with Gasteiger partial charge in [0.05, 0.1) is 0 Å². The highest BCUT2D eigenvalue weighted by Gasteiger charge is 2.26. The molecule has 0 bridgehead atoms. The van der Waals surface area contributed by atoms with Crippen molar-refractivity contribution < 1.29 is 13.5 Å². The number of halogens is 2. The highest BCUT2D eigenvalue weighted by Crippen LogP contribution is 2.27. The van der Waals surface area contributed by atoms with Crippen LogP contribution in [-0.4, -0.2) is 23.0 Å². The smallest absolute Gasteiger partial charge is 0.162 e. The van der Waals surface area contributed by atoms with Gasteiger partial charge in [-0.05, 0) is 17.7 Å². The summed E-state index contributed by atoms with van der Waals surface area (Å²) < 4.78 is 22.5. The Morgan fingerprint density at radius 1 is 1.33 bits per heavy atom. The standard InChI is InChI=1S/C9H10BrIO3S/c1-15(13,14)9(11)8(12)6-2-4-7(10)5-3-6/h2-5,8-9,12H,1H3. The first-order chi connectivity index (χ1) is 6.82. The molecule has 0 aliphatic carbocycles. The minimum Gasteiger partial charge on any atom is -0.386 e. The minimum absolute atomic E-state index is 0.600. The first-order valence-corrected chi connectivity index (χ1v) is 8.08. The zero-order valence-corrected chi connectivity index (χ0v) is 12.5. The van der Waals surface area contributed by atoms with E-state index in [0.717, 1.165) is 10.7 Å². The molecule has 84 valence electrons. The fourth-order valence-corrected chi connectivity index (χ4v) is 2.35. The predicted octanol–water partition coefficient (Wildman–Crippen LogP) is 2.29. The largest absolute Gasteiger partial charge is 0.386 e. The van der Waals surface area contributed by atoms with Gasteiger partial charge in [-0.1, -0.05) is 50.7 Å². The molecule has 0 amide bonds. The van der Waals surface area contributed by atoms with Crippen molar-refractivity contribution in [3.63, 3.8) is 0 Å². The number of sulfone groups is 1. The van der Waals surface area contributed by atoms with Crippen molar-refractivity contribution in [2.45, 2.75) is 9.36 Å². The Morgan fingerprint density at radius 2 is 1.80 bits per heavy atom. The molecule has 0 fully saturated rings. The van der Waals surface area contributed by atoms with E-state index < -0.39 is 19.2 Å². The maximum Gasteiger partial charge on any atom is 0.162 e. The number of aliphatic hydroxyl groups excluding tert-OH is 1. The van der Waals surface area contributed by atoms with Crippen molar-refractivity contribution in [2.24, 2.45) is 0 Å². The molecule has 15 heavy (non-hydrogen) atoms. The van der Waals surface area contributed by atoms with Gasteiger partial charge in [-0.3, -0.25) is 0 Å². The Bertz CT molecular complexity index is 429. The Kier molecular flexibility index (Phi) is 4.57. The molecule has 0 saturated heterocycles. The highest BCUT2D eigenvalue weighted by molar-refractivity contribution is 14.1. The molecular weight excluding hydrogens is 395 g/mol. The Hall–Kier alpha value is 0.340. The molecular formula is C9H10BrIO3S. The summed E-state index contributed by atoms with van der Waals surface area (Å²) in [6.07, 6.45) is 0.125.